The van der Waals surface area contributed by atoms with Gasteiger partial charge in [0.15, 0.2) is 0 Å². The molecule has 0 heterocycles. The van der Waals surface area contributed by atoms with Gasteiger partial charge < -0.3 is 4.90 Å². The molecule has 0 atom stereocenters. The second-order valence-electron chi connectivity index (χ2n) is 20.8. The zero-order chi connectivity index (χ0) is 51.3. The lowest BCUT2D eigenvalue weighted by Gasteiger charge is -2.34. The highest BCUT2D eigenvalue weighted by molar-refractivity contribution is 9.10. The Morgan fingerprint density at radius 1 is 0.441 bits per heavy atom. The Labute approximate surface area is 383 Å². The summed E-state index contributed by atoms with van der Waals surface area (Å²) in [5.74, 6) is 0. The van der Waals surface area contributed by atoms with Crippen LogP contribution in [0.15, 0.2) is 126 Å². The molecule has 0 saturated carbocycles. The Morgan fingerprint density at radius 2 is 0.949 bits per heavy atom. The third-order valence-electron chi connectivity index (χ3n) is 10.3. The lowest BCUT2D eigenvalue weighted by molar-refractivity contribution is 0.569. The van der Waals surface area contributed by atoms with Crippen molar-refractivity contribution in [3.05, 3.63) is 158 Å². The van der Waals surface area contributed by atoms with E-state index in [1.54, 1.807) is 18.2 Å². The lowest BCUT2D eigenvalue weighted by Crippen LogP contribution is -2.18. The predicted octanol–water partition coefficient (Wildman–Crippen LogP) is 18.1. The van der Waals surface area contributed by atoms with E-state index >= 15 is 0 Å². The van der Waals surface area contributed by atoms with Gasteiger partial charge in [0.25, 0.3) is 0 Å². The van der Waals surface area contributed by atoms with Gasteiger partial charge in [0.05, 0.1) is 18.0 Å². The molecule has 6 rings (SSSR count). The van der Waals surface area contributed by atoms with Crippen LogP contribution in [0.1, 0.15) is 144 Å². The maximum Gasteiger partial charge on any atom is 0.0633 e. The van der Waals surface area contributed by atoms with Crippen molar-refractivity contribution >= 4 is 44.6 Å². The molecule has 0 radical (unpaired) electrons. The first kappa shape index (κ1) is 33.6. The fourth-order valence-electron chi connectivity index (χ4n) is 6.70. The number of rotatable bonds is 6. The average molecular weight is 877 g/mol. The Morgan fingerprint density at radius 3 is 1.47 bits per heavy atom. The van der Waals surface area contributed by atoms with Crippen LogP contribution in [0.3, 0.4) is 0 Å². The van der Waals surface area contributed by atoms with E-state index < -0.39 is 21.7 Å². The number of halogens is 2. The van der Waals surface area contributed by atoms with E-state index in [1.807, 2.05) is 124 Å². The van der Waals surface area contributed by atoms with Gasteiger partial charge in [0, 0.05) is 32.0 Å². The van der Waals surface area contributed by atoms with E-state index in [4.69, 9.17) is 11.6 Å². The maximum absolute atomic E-state index is 10.5. The topological polar surface area (TPSA) is 3.24 Å². The molecule has 0 spiro atoms. The zero-order valence-electron chi connectivity index (χ0n) is 46.6. The fraction of sp³-hybridized carbons (Fsp3) is 0.357. The average Bonchev–Trinajstić information content (AvgIpc) is 3.16. The van der Waals surface area contributed by atoms with Crippen LogP contribution in [0, 0.1) is 0 Å². The van der Waals surface area contributed by atoms with Crippen molar-refractivity contribution in [2.45, 2.75) is 131 Å². The van der Waals surface area contributed by atoms with Crippen LogP contribution in [-0.2, 0) is 27.1 Å². The van der Waals surface area contributed by atoms with Crippen LogP contribution in [0.25, 0.3) is 33.4 Å². The Kier molecular flexibility index (Phi) is 9.14. The number of anilines is 3. The molecule has 0 aliphatic rings. The highest BCUT2D eigenvalue weighted by Gasteiger charge is 2.29. The van der Waals surface area contributed by atoms with Gasteiger partial charge in [-0.2, -0.15) is 0 Å². The molecular formula is C56H65BrClN. The van der Waals surface area contributed by atoms with Crippen molar-refractivity contribution in [2.24, 2.45) is 0 Å². The van der Waals surface area contributed by atoms with E-state index in [2.05, 4.69) is 48.8 Å². The molecule has 1 nitrogen and oxygen atoms in total. The summed E-state index contributed by atoms with van der Waals surface area (Å²) < 4.78 is 90.3. The maximum atomic E-state index is 10.5. The van der Waals surface area contributed by atoms with Gasteiger partial charge >= 0.3 is 0 Å². The number of hydrogen-bond acceptors (Lipinski definition) is 1. The van der Waals surface area contributed by atoms with Gasteiger partial charge in [0.1, 0.15) is 0 Å². The summed E-state index contributed by atoms with van der Waals surface area (Å²) in [5, 5.41) is 0.372. The zero-order valence-corrected chi connectivity index (χ0v) is 39.9. The highest BCUT2D eigenvalue weighted by atomic mass is 79.9. The summed E-state index contributed by atoms with van der Waals surface area (Å²) in [7, 11) is 0. The number of nitrogens with zero attached hydrogens (tertiary/aromatic N) is 1. The van der Waals surface area contributed by atoms with Crippen molar-refractivity contribution in [2.75, 3.05) is 4.90 Å². The Balaban J connectivity index is 2.04. The van der Waals surface area contributed by atoms with Crippen LogP contribution < -0.4 is 4.90 Å². The molecule has 0 unspecified atom stereocenters. The van der Waals surface area contributed by atoms with Gasteiger partial charge in [-0.1, -0.05) is 204 Å². The quantitative estimate of drug-likeness (QED) is 0.161. The van der Waals surface area contributed by atoms with Crippen molar-refractivity contribution < 1.29 is 12.3 Å². The summed E-state index contributed by atoms with van der Waals surface area (Å²) in [5.41, 5.74) is 1.74. The van der Waals surface area contributed by atoms with Crippen LogP contribution >= 0.6 is 27.5 Å². The first-order valence-corrected chi connectivity index (χ1v) is 21.6. The molecule has 3 heteroatoms. The van der Waals surface area contributed by atoms with Crippen molar-refractivity contribution in [3.63, 3.8) is 0 Å². The van der Waals surface area contributed by atoms with Crippen LogP contribution in [0.4, 0.5) is 17.1 Å². The van der Waals surface area contributed by atoms with Gasteiger partial charge in [-0.05, 0) is 126 Å². The van der Waals surface area contributed by atoms with E-state index in [0.717, 1.165) is 16.7 Å². The molecule has 0 aliphatic carbocycles. The Hall–Kier alpha value is -4.11. The molecule has 0 bridgehead atoms. The van der Waals surface area contributed by atoms with Crippen LogP contribution in [-0.4, -0.2) is 0 Å². The molecule has 308 valence electrons. The molecule has 0 fully saturated rings. The summed E-state index contributed by atoms with van der Waals surface area (Å²) in [4.78, 5) is 1.83. The molecule has 0 saturated heterocycles. The largest absolute Gasteiger partial charge is 0.309 e. The molecule has 0 amide bonds. The summed E-state index contributed by atoms with van der Waals surface area (Å²) in [6.45, 7) is 29.2. The van der Waals surface area contributed by atoms with E-state index in [0.29, 0.717) is 32.0 Å². The van der Waals surface area contributed by atoms with Gasteiger partial charge in [-0.25, -0.2) is 0 Å². The van der Waals surface area contributed by atoms with Gasteiger partial charge in [0.2, 0.25) is 0 Å². The monoisotopic (exact) mass is 874 g/mol. The number of hydrogen-bond donors (Lipinski definition) is 0. The summed E-state index contributed by atoms with van der Waals surface area (Å²) in [6, 6.07) is 19.6. The van der Waals surface area contributed by atoms with Crippen LogP contribution in [0.2, 0.25) is 5.02 Å². The minimum Gasteiger partial charge on any atom is -0.309 e. The number of benzene rings is 6. The molecule has 6 aromatic carbocycles. The minimum atomic E-state index is -0.930. The first-order chi connectivity index (χ1) is 31.0. The van der Waals surface area contributed by atoms with Crippen molar-refractivity contribution in [1.29, 1.82) is 0 Å². The molecule has 0 aliphatic heterocycles. The van der Waals surface area contributed by atoms with Crippen molar-refractivity contribution in [1.82, 2.24) is 0 Å². The Bertz CT molecular complexity index is 2930. The second-order valence-corrected chi connectivity index (χ2v) is 22.2. The highest BCUT2D eigenvalue weighted by Crippen LogP contribution is 2.51. The standard InChI is InChI=1S/C56H65BrClN/c1-52(2,3)40-24-22-36(23-25-40)49-32-44(56(13,14)15)33-50(39-27-42(54(7,8)9)31-43(28-39)55(10,11)12)51(49)59(47-21-17-20-46(58)35-47)48-30-38(29-45(57)34-48)37-18-16-19-41(26-37)53(4,5)6/h16-35H,1-15H3/i22D,23D,24D,25D,27D,28D,31D,32D,33D. The first-order valence-electron chi connectivity index (χ1n) is 24.9. The van der Waals surface area contributed by atoms with E-state index in [-0.39, 0.29) is 98.9 Å². The smallest absolute Gasteiger partial charge is 0.0633 e. The van der Waals surface area contributed by atoms with Crippen LogP contribution in [0.5, 0.6) is 0 Å². The molecule has 59 heavy (non-hydrogen) atoms. The third-order valence-corrected chi connectivity index (χ3v) is 11.0. The SMILES string of the molecule is [2H]c1c([2H])c(C(C)(C)C)c([2H])c([2H])c1-c1c([2H])c(C(C)(C)C)c([2H])c(-c2c([2H])c(C(C)(C)C)c([2H])c(C(C)(C)C)c2[2H])c1N(c1cccc(Cl)c1)c1cc(Br)cc(-c2cccc(C(C)(C)C)c2)c1. The minimum absolute atomic E-state index is 0.00187. The molecular weight excluding hydrogens is 802 g/mol. The normalized spacial score (nSPS) is 15.0. The van der Waals surface area contributed by atoms with Gasteiger partial charge in [-0.3, -0.25) is 0 Å². The van der Waals surface area contributed by atoms with E-state index in [1.165, 1.54) is 0 Å². The fourth-order valence-corrected chi connectivity index (χ4v) is 7.36. The van der Waals surface area contributed by atoms with Crippen molar-refractivity contribution in [3.8, 4) is 33.4 Å². The summed E-state index contributed by atoms with van der Waals surface area (Å²) >= 11 is 10.7. The van der Waals surface area contributed by atoms with E-state index in [9.17, 15) is 12.3 Å². The lowest BCUT2D eigenvalue weighted by atomic mass is 9.77. The molecule has 0 aromatic heterocycles. The molecule has 0 N–H and O–H groups in total. The third kappa shape index (κ3) is 10.1. The second kappa shape index (κ2) is 16.1. The predicted molar refractivity (Wildman–Crippen MR) is 264 cm³/mol. The van der Waals surface area contributed by atoms with Gasteiger partial charge in [-0.15, -0.1) is 0 Å². The molecule has 6 aromatic rings. The summed E-state index contributed by atoms with van der Waals surface area (Å²) in [6.07, 6.45) is 0.